The van der Waals surface area contributed by atoms with E-state index in [0.717, 1.165) is 5.69 Å². The Morgan fingerprint density at radius 3 is 2.44 bits per heavy atom. The van der Waals surface area contributed by atoms with Gasteiger partial charge in [-0.3, -0.25) is 0 Å². The lowest BCUT2D eigenvalue weighted by Crippen LogP contribution is -1.92. The third-order valence-electron chi connectivity index (χ3n) is 1.93. The fraction of sp³-hybridized carbons (Fsp3) is 0. The highest BCUT2D eigenvalue weighted by molar-refractivity contribution is 6.30. The van der Waals surface area contributed by atoms with Gasteiger partial charge in [-0.05, 0) is 30.3 Å². The third-order valence-corrected chi connectivity index (χ3v) is 2.18. The quantitative estimate of drug-likeness (QED) is 0.859. The normalized spacial score (nSPS) is 10.1. The molecule has 2 rings (SSSR count). The molecule has 0 fully saturated rings. The first-order valence-corrected chi connectivity index (χ1v) is 4.88. The molecule has 2 aromatic rings. The van der Waals surface area contributed by atoms with Crippen LogP contribution in [0.2, 0.25) is 5.02 Å². The van der Waals surface area contributed by atoms with Gasteiger partial charge in [-0.15, -0.1) is 0 Å². The van der Waals surface area contributed by atoms with E-state index in [0.29, 0.717) is 10.9 Å². The highest BCUT2D eigenvalue weighted by Gasteiger charge is 2.08. The Hall–Kier alpha value is -1.94. The Morgan fingerprint density at radius 2 is 1.88 bits per heavy atom. The lowest BCUT2D eigenvalue weighted by Gasteiger charge is -2.01. The molecule has 0 saturated carbocycles. The molecule has 1 heterocycles. The maximum atomic E-state index is 10.6. The standard InChI is InChI=1S/C11H8ClNO3/c12-7-1-3-8(4-2-7)13-10-6-5-9(16-10)11(14)15/h1-6,13H,(H,14,15). The predicted octanol–water partition coefficient (Wildman–Crippen LogP) is 3.37. The zero-order chi connectivity index (χ0) is 11.5. The second-order valence-electron chi connectivity index (χ2n) is 3.10. The van der Waals surface area contributed by atoms with Gasteiger partial charge in [-0.1, -0.05) is 11.6 Å². The van der Waals surface area contributed by atoms with Crippen molar-refractivity contribution in [1.82, 2.24) is 0 Å². The molecular formula is C11H8ClNO3. The van der Waals surface area contributed by atoms with Crippen LogP contribution < -0.4 is 5.32 Å². The lowest BCUT2D eigenvalue weighted by atomic mass is 10.3. The van der Waals surface area contributed by atoms with Crippen molar-refractivity contribution in [3.63, 3.8) is 0 Å². The molecule has 2 N–H and O–H groups in total. The van der Waals surface area contributed by atoms with Gasteiger partial charge in [-0.2, -0.15) is 0 Å². The molecule has 16 heavy (non-hydrogen) atoms. The number of hydrogen-bond acceptors (Lipinski definition) is 3. The minimum Gasteiger partial charge on any atom is -0.475 e. The van der Waals surface area contributed by atoms with Crippen LogP contribution in [0.15, 0.2) is 40.8 Å². The Labute approximate surface area is 96.5 Å². The van der Waals surface area contributed by atoms with Gasteiger partial charge in [0.2, 0.25) is 5.76 Å². The fourth-order valence-electron chi connectivity index (χ4n) is 1.20. The summed E-state index contributed by atoms with van der Waals surface area (Å²) in [7, 11) is 0. The van der Waals surface area contributed by atoms with E-state index in [1.165, 1.54) is 6.07 Å². The van der Waals surface area contributed by atoms with Crippen molar-refractivity contribution in [3.05, 3.63) is 47.2 Å². The monoisotopic (exact) mass is 237 g/mol. The average molecular weight is 238 g/mol. The Kier molecular flexibility index (Phi) is 2.83. The largest absolute Gasteiger partial charge is 0.475 e. The summed E-state index contributed by atoms with van der Waals surface area (Å²) in [5.41, 5.74) is 0.774. The Morgan fingerprint density at radius 1 is 1.19 bits per heavy atom. The van der Waals surface area contributed by atoms with Crippen LogP contribution in [0.4, 0.5) is 11.6 Å². The van der Waals surface area contributed by atoms with E-state index in [1.807, 2.05) is 0 Å². The summed E-state index contributed by atoms with van der Waals surface area (Å²) < 4.78 is 5.04. The highest BCUT2D eigenvalue weighted by atomic mass is 35.5. The molecule has 0 unspecified atom stereocenters. The Bertz CT molecular complexity index is 504. The second-order valence-corrected chi connectivity index (χ2v) is 3.54. The summed E-state index contributed by atoms with van der Waals surface area (Å²) in [6.45, 7) is 0. The molecule has 0 amide bonds. The van der Waals surface area contributed by atoms with Crippen LogP contribution in [0, 0.1) is 0 Å². The summed E-state index contributed by atoms with van der Waals surface area (Å²) in [6.07, 6.45) is 0. The van der Waals surface area contributed by atoms with E-state index in [1.54, 1.807) is 30.3 Å². The van der Waals surface area contributed by atoms with Gasteiger partial charge >= 0.3 is 5.97 Å². The summed E-state index contributed by atoms with van der Waals surface area (Å²) in [6, 6.07) is 9.94. The molecule has 5 heteroatoms. The van der Waals surface area contributed by atoms with Crippen LogP contribution in [0.25, 0.3) is 0 Å². The van der Waals surface area contributed by atoms with Crippen LogP contribution in [0.3, 0.4) is 0 Å². The number of carbonyl (C=O) groups is 1. The maximum absolute atomic E-state index is 10.6. The minimum absolute atomic E-state index is 0.100. The van der Waals surface area contributed by atoms with Crippen molar-refractivity contribution < 1.29 is 14.3 Å². The molecule has 4 nitrogen and oxygen atoms in total. The number of halogens is 1. The zero-order valence-electron chi connectivity index (χ0n) is 8.11. The second kappa shape index (κ2) is 4.28. The van der Waals surface area contributed by atoms with Crippen LogP contribution in [-0.2, 0) is 0 Å². The van der Waals surface area contributed by atoms with E-state index >= 15 is 0 Å². The molecule has 1 aromatic heterocycles. The SMILES string of the molecule is O=C(O)c1ccc(Nc2ccc(Cl)cc2)o1. The van der Waals surface area contributed by atoms with Crippen molar-refractivity contribution in [2.24, 2.45) is 0 Å². The predicted molar refractivity (Wildman–Crippen MR) is 60.4 cm³/mol. The number of furan rings is 1. The van der Waals surface area contributed by atoms with Gasteiger partial charge in [0, 0.05) is 16.8 Å². The number of carboxylic acid groups (broad SMARTS) is 1. The van der Waals surface area contributed by atoms with Crippen molar-refractivity contribution in [3.8, 4) is 0 Å². The van der Waals surface area contributed by atoms with Gasteiger partial charge in [-0.25, -0.2) is 4.79 Å². The number of aromatic carboxylic acids is 1. The number of carboxylic acids is 1. The molecule has 0 saturated heterocycles. The number of nitrogens with one attached hydrogen (secondary N) is 1. The van der Waals surface area contributed by atoms with E-state index in [4.69, 9.17) is 21.1 Å². The van der Waals surface area contributed by atoms with Crippen LogP contribution >= 0.6 is 11.6 Å². The molecule has 0 atom stereocenters. The van der Waals surface area contributed by atoms with Crippen molar-refractivity contribution in [2.75, 3.05) is 5.32 Å². The first-order valence-electron chi connectivity index (χ1n) is 4.51. The maximum Gasteiger partial charge on any atom is 0.371 e. The molecule has 0 bridgehead atoms. The number of benzene rings is 1. The molecule has 0 aliphatic heterocycles. The van der Waals surface area contributed by atoms with Crippen LogP contribution in [0.1, 0.15) is 10.6 Å². The molecule has 0 aliphatic rings. The van der Waals surface area contributed by atoms with Crippen LogP contribution in [-0.4, -0.2) is 11.1 Å². The van der Waals surface area contributed by atoms with E-state index in [9.17, 15) is 4.79 Å². The summed E-state index contributed by atoms with van der Waals surface area (Å²) >= 11 is 5.73. The summed E-state index contributed by atoms with van der Waals surface area (Å²) in [5.74, 6) is -0.819. The fourth-order valence-corrected chi connectivity index (χ4v) is 1.32. The summed E-state index contributed by atoms with van der Waals surface area (Å²) in [4.78, 5) is 10.6. The first-order chi connectivity index (χ1) is 7.65. The van der Waals surface area contributed by atoms with Crippen molar-refractivity contribution in [1.29, 1.82) is 0 Å². The first kappa shape index (κ1) is 10.6. The molecule has 1 aromatic carbocycles. The van der Waals surface area contributed by atoms with E-state index < -0.39 is 5.97 Å². The third kappa shape index (κ3) is 2.35. The van der Waals surface area contributed by atoms with Crippen molar-refractivity contribution >= 4 is 29.1 Å². The average Bonchev–Trinajstić information content (AvgIpc) is 2.70. The number of rotatable bonds is 3. The zero-order valence-corrected chi connectivity index (χ0v) is 8.86. The molecular weight excluding hydrogens is 230 g/mol. The Balaban J connectivity index is 2.14. The topological polar surface area (TPSA) is 62.5 Å². The van der Waals surface area contributed by atoms with Gasteiger partial charge in [0.25, 0.3) is 0 Å². The van der Waals surface area contributed by atoms with Gasteiger partial charge in [0.05, 0.1) is 0 Å². The molecule has 82 valence electrons. The number of anilines is 2. The number of hydrogen-bond donors (Lipinski definition) is 2. The van der Waals surface area contributed by atoms with E-state index in [2.05, 4.69) is 5.32 Å². The van der Waals surface area contributed by atoms with Crippen molar-refractivity contribution in [2.45, 2.75) is 0 Å². The smallest absolute Gasteiger partial charge is 0.371 e. The van der Waals surface area contributed by atoms with Gasteiger partial charge in [0.1, 0.15) is 0 Å². The molecule has 0 spiro atoms. The lowest BCUT2D eigenvalue weighted by molar-refractivity contribution is 0.0663. The van der Waals surface area contributed by atoms with Gasteiger partial charge < -0.3 is 14.8 Å². The van der Waals surface area contributed by atoms with E-state index in [-0.39, 0.29) is 5.76 Å². The summed E-state index contributed by atoms with van der Waals surface area (Å²) in [5, 5.41) is 12.2. The molecule has 0 aliphatic carbocycles. The van der Waals surface area contributed by atoms with Gasteiger partial charge in [0.15, 0.2) is 5.88 Å². The highest BCUT2D eigenvalue weighted by Crippen LogP contribution is 2.20. The van der Waals surface area contributed by atoms with Crippen LogP contribution in [0.5, 0.6) is 0 Å². The minimum atomic E-state index is -1.09. The molecule has 0 radical (unpaired) electrons.